The molecule has 0 radical (unpaired) electrons. The van der Waals surface area contributed by atoms with Crippen LogP contribution in [0.25, 0.3) is 0 Å². The molecule has 1 spiro atoms. The van der Waals surface area contributed by atoms with E-state index in [0.717, 1.165) is 9.73 Å². The van der Waals surface area contributed by atoms with Gasteiger partial charge in [-0.15, -0.1) is 0 Å². The summed E-state index contributed by atoms with van der Waals surface area (Å²) in [6.07, 6.45) is 1.50. The molecule has 10 aliphatic heterocycles. The third-order valence-electron chi connectivity index (χ3n) is 16.6. The van der Waals surface area contributed by atoms with Crippen LogP contribution in [0.3, 0.4) is 0 Å². The second kappa shape index (κ2) is 0.447. The molecule has 4 unspecified atom stereocenters. The van der Waals surface area contributed by atoms with Crippen molar-refractivity contribution in [1.29, 1.82) is 0 Å². The molecule has 10 heterocycles. The molecular formula is C15H20Fe. The monoisotopic (exact) mass is 256 g/mol. The standard InChI is InChI=1S/C10H15.C5H5.Fe/c1-4-10(2,3)9-7-5-6-8-9;1-2-4-5-3-1;/h5-8H,4H2,1-3H3;1-5H;. The predicted octanol–water partition coefficient (Wildman–Crippen LogP) is 5.18. The predicted molar refractivity (Wildman–Crippen MR) is 60.5 cm³/mol. The van der Waals surface area contributed by atoms with Gasteiger partial charge in [0.05, 0.1) is 0 Å². The summed E-state index contributed by atoms with van der Waals surface area (Å²) in [5.74, 6) is 0. The van der Waals surface area contributed by atoms with E-state index in [2.05, 4.69) is 20.8 Å². The van der Waals surface area contributed by atoms with Crippen LogP contribution in [0.15, 0.2) is 0 Å². The van der Waals surface area contributed by atoms with Crippen molar-refractivity contribution in [2.45, 2.75) is 74.9 Å². The molecule has 0 saturated carbocycles. The van der Waals surface area contributed by atoms with Crippen molar-refractivity contribution in [3.05, 3.63) is 0 Å². The Morgan fingerprint density at radius 1 is 0.875 bits per heavy atom. The van der Waals surface area contributed by atoms with Crippen LogP contribution < -0.4 is 0 Å². The van der Waals surface area contributed by atoms with E-state index in [1.165, 1.54) is 49.8 Å². The Morgan fingerprint density at radius 2 is 1.31 bits per heavy atom. The minimum absolute atomic E-state index is 0.780. The summed E-state index contributed by atoms with van der Waals surface area (Å²) >= 11 is 0. The van der Waals surface area contributed by atoms with Gasteiger partial charge >= 0.3 is 86.8 Å². The van der Waals surface area contributed by atoms with E-state index in [9.17, 15) is 0 Å². The van der Waals surface area contributed by atoms with E-state index in [1.54, 1.807) is 0 Å². The average molecular weight is 256 g/mol. The zero-order valence-electron chi connectivity index (χ0n) is 10.3. The van der Waals surface area contributed by atoms with E-state index >= 15 is 0 Å². The van der Waals surface area contributed by atoms with Gasteiger partial charge in [0, 0.05) is 0 Å². The van der Waals surface area contributed by atoms with Gasteiger partial charge in [0.2, 0.25) is 0 Å². The van der Waals surface area contributed by atoms with E-state index in [1.807, 2.05) is 0 Å². The van der Waals surface area contributed by atoms with Crippen molar-refractivity contribution in [3.63, 3.8) is 0 Å². The van der Waals surface area contributed by atoms with Crippen LogP contribution in [-0.4, -0.2) is 0 Å². The Morgan fingerprint density at radius 3 is 1.50 bits per heavy atom. The number of hydrogen-bond acceptors (Lipinski definition) is 0. The van der Waals surface area contributed by atoms with Crippen LogP contribution >= 0.6 is 0 Å². The normalized spacial score (nSPS) is 127. The summed E-state index contributed by atoms with van der Waals surface area (Å²) in [7, 11) is 0. The molecule has 1 heteroatoms. The molecule has 0 aromatic rings. The van der Waals surface area contributed by atoms with Crippen molar-refractivity contribution in [3.8, 4) is 0 Å². The van der Waals surface area contributed by atoms with Crippen molar-refractivity contribution in [2.75, 3.05) is 0 Å². The van der Waals surface area contributed by atoms with Crippen LogP contribution in [0.2, 0.25) is 47.7 Å². The first-order valence-corrected chi connectivity index (χ1v) is 13.9. The zero-order valence-corrected chi connectivity index (χ0v) is 11.4. The molecule has 10 aliphatic rings. The molecule has 10 fully saturated rings. The molecule has 10 rings (SSSR count). The van der Waals surface area contributed by atoms with E-state index in [4.69, 9.17) is 0 Å². The van der Waals surface area contributed by atoms with Crippen LogP contribution in [0, 0.1) is 5.41 Å². The SMILES string of the molecule is CCC(C)(C)[C]12[CH]3[CH]4[CH]5[CH]1[Fe]45321678[CH]2[CH]1[CH]6[CH]7[CH]28. The van der Waals surface area contributed by atoms with Gasteiger partial charge < -0.3 is 0 Å². The average Bonchev–Trinajstić information content (AvgIpc) is 3.21. The summed E-state index contributed by atoms with van der Waals surface area (Å²) in [5.41, 5.74) is 0.780. The molecule has 16 heavy (non-hydrogen) atoms. The Hall–Kier alpha value is 0.519. The van der Waals surface area contributed by atoms with Crippen molar-refractivity contribution < 1.29 is 6.51 Å². The summed E-state index contributed by atoms with van der Waals surface area (Å²) in [6.45, 7) is 5.19. The Labute approximate surface area is 86.8 Å². The molecule has 0 nitrogen and oxygen atoms in total. The Bertz CT molecular complexity index is 855. The van der Waals surface area contributed by atoms with Gasteiger partial charge in [-0.1, -0.05) is 0 Å². The molecule has 0 bridgehead atoms. The Balaban J connectivity index is 1.72. The molecular weight excluding hydrogens is 236 g/mol. The molecule has 0 N–H and O–H groups in total. The molecule has 0 aromatic carbocycles. The fourth-order valence-corrected chi connectivity index (χ4v) is 95.4. The fraction of sp³-hybridized carbons (Fsp3) is 1.00. The maximum atomic E-state index is 2.70. The first-order chi connectivity index (χ1) is 7.36. The van der Waals surface area contributed by atoms with Gasteiger partial charge in [-0.25, -0.2) is 0 Å². The second-order valence-electron chi connectivity index (χ2n) is 11.9. The number of hydrogen-bond donors (Lipinski definition) is 0. The van der Waals surface area contributed by atoms with Crippen LogP contribution in [-0.2, 0) is 6.51 Å². The molecule has 0 amide bonds. The van der Waals surface area contributed by atoms with Crippen molar-refractivity contribution in [1.82, 2.24) is 0 Å². The summed E-state index contributed by atoms with van der Waals surface area (Å²) in [5, 5.41) is 0. The molecule has 10 saturated heterocycles. The summed E-state index contributed by atoms with van der Waals surface area (Å²) < 4.78 is 1.14. The quantitative estimate of drug-likeness (QED) is 0.597. The van der Waals surface area contributed by atoms with E-state index < -0.39 is 6.51 Å². The van der Waals surface area contributed by atoms with Gasteiger partial charge in [-0.2, -0.15) is 0 Å². The van der Waals surface area contributed by atoms with Gasteiger partial charge in [-0.3, -0.25) is 0 Å². The zero-order chi connectivity index (χ0) is 10.2. The number of fused-ring (bicyclic) bond motifs is 10. The topological polar surface area (TPSA) is 0 Å². The molecule has 88 valence electrons. The molecule has 0 aliphatic carbocycles. The van der Waals surface area contributed by atoms with E-state index in [-0.39, 0.29) is 0 Å². The van der Waals surface area contributed by atoms with Crippen LogP contribution in [0.4, 0.5) is 0 Å². The third-order valence-corrected chi connectivity index (χ3v) is 59.4. The van der Waals surface area contributed by atoms with Gasteiger partial charge in [0.25, 0.3) is 0 Å². The van der Waals surface area contributed by atoms with E-state index in [0.29, 0.717) is 0 Å². The fourth-order valence-electron chi connectivity index (χ4n) is 18.4. The Kier molecular flexibility index (Phi) is 0.171. The van der Waals surface area contributed by atoms with Gasteiger partial charge in [-0.05, 0) is 0 Å². The second-order valence-corrected chi connectivity index (χ2v) is 35.5. The summed E-state index contributed by atoms with van der Waals surface area (Å²) in [4.78, 5) is 13.7. The van der Waals surface area contributed by atoms with Crippen LogP contribution in [0.1, 0.15) is 27.2 Å². The van der Waals surface area contributed by atoms with Crippen molar-refractivity contribution in [2.24, 2.45) is 5.41 Å². The minimum atomic E-state index is -2.72. The van der Waals surface area contributed by atoms with Crippen molar-refractivity contribution >= 4 is 0 Å². The molecule has 4 atom stereocenters. The maximum absolute atomic E-state index is 2.72. The van der Waals surface area contributed by atoms with Gasteiger partial charge in [0.1, 0.15) is 0 Å². The number of rotatable bonds is 2. The molecule has 0 aromatic heterocycles. The van der Waals surface area contributed by atoms with Crippen LogP contribution in [0.5, 0.6) is 0 Å². The first kappa shape index (κ1) is 6.11. The van der Waals surface area contributed by atoms with Gasteiger partial charge in [0.15, 0.2) is 0 Å². The summed E-state index contributed by atoms with van der Waals surface area (Å²) in [6, 6.07) is 0. The third kappa shape index (κ3) is 0.0522. The first-order valence-electron chi connectivity index (χ1n) is 7.57.